The van der Waals surface area contributed by atoms with Gasteiger partial charge in [0.1, 0.15) is 0 Å². The van der Waals surface area contributed by atoms with Gasteiger partial charge in [-0.2, -0.15) is 0 Å². The Hall–Kier alpha value is -0.120. The van der Waals surface area contributed by atoms with Gasteiger partial charge in [-0.25, -0.2) is 0 Å². The fraction of sp³-hybridized carbons (Fsp3) is 1.00. The van der Waals surface area contributed by atoms with Crippen molar-refractivity contribution in [3.63, 3.8) is 0 Å². The lowest BCUT2D eigenvalue weighted by molar-refractivity contribution is 0.113. The summed E-state index contributed by atoms with van der Waals surface area (Å²) in [5.41, 5.74) is 0. The van der Waals surface area contributed by atoms with Gasteiger partial charge >= 0.3 is 0 Å². The fourth-order valence-electron chi connectivity index (χ4n) is 2.58. The van der Waals surface area contributed by atoms with Crippen LogP contribution in [0.5, 0.6) is 0 Å². The van der Waals surface area contributed by atoms with E-state index >= 15 is 0 Å². The first-order valence-corrected chi connectivity index (χ1v) is 6.94. The zero-order valence-corrected chi connectivity index (χ0v) is 11.6. The van der Waals surface area contributed by atoms with Gasteiger partial charge in [0.05, 0.1) is 0 Å². The van der Waals surface area contributed by atoms with E-state index in [-0.39, 0.29) is 0 Å². The molecule has 2 aliphatic heterocycles. The lowest BCUT2D eigenvalue weighted by Crippen LogP contribution is -2.49. The number of hydrogen-bond donors (Lipinski definition) is 0. The Labute approximate surface area is 101 Å². The second kappa shape index (κ2) is 7.25. The van der Waals surface area contributed by atoms with Crippen LogP contribution < -0.4 is 0 Å². The van der Waals surface area contributed by atoms with Crippen LogP contribution in [-0.4, -0.2) is 73.6 Å². The Morgan fingerprint density at radius 1 is 1.00 bits per heavy atom. The van der Waals surface area contributed by atoms with Crippen LogP contribution in [0.25, 0.3) is 0 Å². The van der Waals surface area contributed by atoms with E-state index in [0.717, 1.165) is 6.04 Å². The summed E-state index contributed by atoms with van der Waals surface area (Å²) in [6.07, 6.45) is 1.39. The van der Waals surface area contributed by atoms with Crippen LogP contribution in [0.2, 0.25) is 0 Å². The van der Waals surface area contributed by atoms with Crippen LogP contribution in [0.15, 0.2) is 0 Å². The first kappa shape index (κ1) is 13.9. The molecule has 0 saturated carbocycles. The maximum Gasteiger partial charge on any atom is 0.0236 e. The second-order valence-corrected chi connectivity index (χ2v) is 4.67. The molecule has 0 aromatic carbocycles. The number of nitrogens with zero attached hydrogens (tertiary/aromatic N) is 3. The summed E-state index contributed by atoms with van der Waals surface area (Å²) in [7, 11) is 2.23. The van der Waals surface area contributed by atoms with Gasteiger partial charge < -0.3 is 9.80 Å². The van der Waals surface area contributed by atoms with Crippen LogP contribution >= 0.6 is 0 Å². The topological polar surface area (TPSA) is 9.72 Å². The van der Waals surface area contributed by atoms with E-state index in [1.54, 1.807) is 0 Å². The molecule has 0 amide bonds. The zero-order chi connectivity index (χ0) is 12.0. The highest BCUT2D eigenvalue weighted by atomic mass is 15.3. The third kappa shape index (κ3) is 3.72. The highest BCUT2D eigenvalue weighted by Crippen LogP contribution is 2.16. The van der Waals surface area contributed by atoms with Crippen molar-refractivity contribution in [1.29, 1.82) is 0 Å². The summed E-state index contributed by atoms with van der Waals surface area (Å²) in [5.74, 6) is 0. The Bertz CT molecular complexity index is 176. The van der Waals surface area contributed by atoms with E-state index in [4.69, 9.17) is 0 Å². The predicted octanol–water partition coefficient (Wildman–Crippen LogP) is 1.35. The molecule has 2 aliphatic rings. The van der Waals surface area contributed by atoms with E-state index in [0.29, 0.717) is 0 Å². The number of piperazine rings is 1. The largest absolute Gasteiger partial charge is 0.304 e. The van der Waals surface area contributed by atoms with Gasteiger partial charge in [-0.15, -0.1) is 0 Å². The molecule has 2 fully saturated rings. The molecule has 0 bridgehead atoms. The summed E-state index contributed by atoms with van der Waals surface area (Å²) in [5, 5.41) is 0. The average Bonchev–Trinajstić information content (AvgIpc) is 2.81. The Morgan fingerprint density at radius 3 is 2.12 bits per heavy atom. The highest BCUT2D eigenvalue weighted by molar-refractivity contribution is 4.85. The standard InChI is InChI=1S/C11H23N3.C2H6/c1-3-13-5-4-11(10-13)14-8-6-12(2)7-9-14;1-2/h11H,3-10H2,1-2H3;1-2H3. The minimum Gasteiger partial charge on any atom is -0.304 e. The molecule has 0 aromatic rings. The van der Waals surface area contributed by atoms with E-state index in [9.17, 15) is 0 Å². The molecule has 2 heterocycles. The second-order valence-electron chi connectivity index (χ2n) is 4.67. The van der Waals surface area contributed by atoms with Gasteiger partial charge in [-0.3, -0.25) is 4.90 Å². The van der Waals surface area contributed by atoms with Crippen molar-refractivity contribution in [1.82, 2.24) is 14.7 Å². The first-order chi connectivity index (χ1) is 7.79. The molecule has 0 N–H and O–H groups in total. The highest BCUT2D eigenvalue weighted by Gasteiger charge is 2.28. The molecule has 2 rings (SSSR count). The molecule has 0 aliphatic carbocycles. The monoisotopic (exact) mass is 227 g/mol. The Morgan fingerprint density at radius 2 is 1.62 bits per heavy atom. The Balaban J connectivity index is 0.000000606. The smallest absolute Gasteiger partial charge is 0.0236 e. The van der Waals surface area contributed by atoms with Crippen molar-refractivity contribution in [3.8, 4) is 0 Å². The summed E-state index contributed by atoms with van der Waals surface area (Å²) in [6, 6.07) is 0.851. The summed E-state index contributed by atoms with van der Waals surface area (Å²) < 4.78 is 0. The third-order valence-electron chi connectivity index (χ3n) is 3.75. The average molecular weight is 227 g/mol. The lowest BCUT2D eigenvalue weighted by atomic mass is 10.2. The normalized spacial score (nSPS) is 28.9. The van der Waals surface area contributed by atoms with Gasteiger partial charge in [0.15, 0.2) is 0 Å². The molecule has 2 saturated heterocycles. The minimum atomic E-state index is 0.851. The quantitative estimate of drug-likeness (QED) is 0.705. The van der Waals surface area contributed by atoms with Crippen molar-refractivity contribution in [2.45, 2.75) is 33.2 Å². The number of likely N-dealkylation sites (N-methyl/N-ethyl adjacent to an activating group) is 2. The van der Waals surface area contributed by atoms with Crippen molar-refractivity contribution >= 4 is 0 Å². The van der Waals surface area contributed by atoms with Crippen LogP contribution in [0.1, 0.15) is 27.2 Å². The summed E-state index contributed by atoms with van der Waals surface area (Å²) in [6.45, 7) is 15.2. The molecule has 0 spiro atoms. The third-order valence-corrected chi connectivity index (χ3v) is 3.75. The lowest BCUT2D eigenvalue weighted by Gasteiger charge is -2.36. The number of hydrogen-bond acceptors (Lipinski definition) is 3. The zero-order valence-electron chi connectivity index (χ0n) is 11.6. The first-order valence-electron chi connectivity index (χ1n) is 6.94. The molecule has 3 heteroatoms. The summed E-state index contributed by atoms with van der Waals surface area (Å²) in [4.78, 5) is 7.70. The molecule has 1 atom stereocenters. The van der Waals surface area contributed by atoms with E-state index in [1.165, 1.54) is 52.2 Å². The predicted molar refractivity (Wildman–Crippen MR) is 70.9 cm³/mol. The van der Waals surface area contributed by atoms with Gasteiger partial charge in [0, 0.05) is 38.8 Å². The van der Waals surface area contributed by atoms with Crippen LogP contribution in [0, 0.1) is 0 Å². The van der Waals surface area contributed by atoms with Gasteiger partial charge in [0.25, 0.3) is 0 Å². The summed E-state index contributed by atoms with van der Waals surface area (Å²) >= 11 is 0. The molecule has 0 radical (unpaired) electrons. The van der Waals surface area contributed by atoms with Crippen LogP contribution in [0.4, 0.5) is 0 Å². The molecular weight excluding hydrogens is 198 g/mol. The molecule has 1 unspecified atom stereocenters. The van der Waals surface area contributed by atoms with E-state index in [2.05, 4.69) is 28.7 Å². The number of likely N-dealkylation sites (tertiary alicyclic amines) is 1. The maximum absolute atomic E-state index is 2.69. The van der Waals surface area contributed by atoms with E-state index < -0.39 is 0 Å². The van der Waals surface area contributed by atoms with Crippen molar-refractivity contribution in [2.75, 3.05) is 52.9 Å². The van der Waals surface area contributed by atoms with Crippen LogP contribution in [-0.2, 0) is 0 Å². The van der Waals surface area contributed by atoms with Gasteiger partial charge in [-0.1, -0.05) is 20.8 Å². The molecule has 96 valence electrons. The fourth-order valence-corrected chi connectivity index (χ4v) is 2.58. The SMILES string of the molecule is CC.CCN1CCC(N2CCN(C)CC2)C1. The van der Waals surface area contributed by atoms with Crippen molar-refractivity contribution < 1.29 is 0 Å². The molecule has 16 heavy (non-hydrogen) atoms. The van der Waals surface area contributed by atoms with Gasteiger partial charge in [-0.05, 0) is 26.6 Å². The minimum absolute atomic E-state index is 0.851. The molecule has 3 nitrogen and oxygen atoms in total. The Kier molecular flexibility index (Phi) is 6.32. The maximum atomic E-state index is 2.69. The molecular formula is C13H29N3. The van der Waals surface area contributed by atoms with E-state index in [1.807, 2.05) is 13.8 Å². The molecule has 0 aromatic heterocycles. The van der Waals surface area contributed by atoms with Crippen molar-refractivity contribution in [2.24, 2.45) is 0 Å². The van der Waals surface area contributed by atoms with Crippen LogP contribution in [0.3, 0.4) is 0 Å². The number of rotatable bonds is 2. The van der Waals surface area contributed by atoms with Crippen molar-refractivity contribution in [3.05, 3.63) is 0 Å². The van der Waals surface area contributed by atoms with Gasteiger partial charge in [0.2, 0.25) is 0 Å².